The van der Waals surface area contributed by atoms with Gasteiger partial charge in [-0.3, -0.25) is 4.84 Å². The molecule has 0 amide bonds. The molecule has 0 spiro atoms. The van der Waals surface area contributed by atoms with Crippen LogP contribution in [0.5, 0.6) is 0 Å². The topological polar surface area (TPSA) is 201 Å². The quantitative estimate of drug-likeness (QED) is 0.115. The lowest BCUT2D eigenvalue weighted by atomic mass is 9.93. The number of carbonyl (C=O) groups excluding carboxylic acids is 4. The summed E-state index contributed by atoms with van der Waals surface area (Å²) < 4.78 is 49.3. The van der Waals surface area contributed by atoms with Gasteiger partial charge >= 0.3 is 23.9 Å². The summed E-state index contributed by atoms with van der Waals surface area (Å²) in [5, 5.41) is 13.7. The number of methoxy groups -OCH3 is 1. The fraction of sp³-hybridized carbons (Fsp3) is 0.306. The third-order valence-electron chi connectivity index (χ3n) is 11.3. The molecule has 65 heavy (non-hydrogen) atoms. The number of carbonyl (C=O) groups is 4. The highest BCUT2D eigenvalue weighted by molar-refractivity contribution is 5.91. The van der Waals surface area contributed by atoms with E-state index < -0.39 is 98.4 Å². The molecule has 2 fully saturated rings. The molecular weight excluding hydrogens is 841 g/mol. The zero-order valence-electron chi connectivity index (χ0n) is 35.2. The van der Waals surface area contributed by atoms with Gasteiger partial charge in [-0.05, 0) is 59.7 Å². The van der Waals surface area contributed by atoms with E-state index in [-0.39, 0.29) is 35.4 Å². The molecule has 3 aliphatic heterocycles. The Hall–Kier alpha value is -6.34. The number of nitrogens with two attached hydrogens (primary N) is 1. The van der Waals surface area contributed by atoms with E-state index in [0.29, 0.717) is 0 Å². The van der Waals surface area contributed by atoms with Crippen LogP contribution in [0.25, 0.3) is 0 Å². The van der Waals surface area contributed by atoms with Gasteiger partial charge in [-0.2, -0.15) is 5.06 Å². The van der Waals surface area contributed by atoms with Crippen LogP contribution in [0.2, 0.25) is 0 Å². The molecule has 0 bridgehead atoms. The monoisotopic (exact) mass is 888 g/mol. The van der Waals surface area contributed by atoms with Crippen LogP contribution in [0.1, 0.15) is 52.6 Å². The second kappa shape index (κ2) is 21.1. The largest absolute Gasteiger partial charge is 0.459 e. The Morgan fingerprint density at radius 3 is 1.55 bits per heavy atom. The van der Waals surface area contributed by atoms with E-state index in [4.69, 9.17) is 48.5 Å². The number of ether oxygens (including phenoxy) is 8. The summed E-state index contributed by atoms with van der Waals surface area (Å²) >= 11 is 0. The van der Waals surface area contributed by atoms with Crippen LogP contribution in [0.15, 0.2) is 146 Å². The highest BCUT2D eigenvalue weighted by Crippen LogP contribution is 2.36. The molecule has 10 unspecified atom stereocenters. The number of aliphatic hydroxyl groups is 1. The molecule has 3 N–H and O–H groups in total. The molecule has 338 valence electrons. The summed E-state index contributed by atoms with van der Waals surface area (Å²) in [6.07, 6.45) is -11.3. The number of benzene rings is 5. The van der Waals surface area contributed by atoms with Crippen molar-refractivity contribution in [3.63, 3.8) is 0 Å². The number of hydrogen-bond acceptors (Lipinski definition) is 16. The standard InChI is InChI=1S/C49H48N2O14/c1-57-48-38(50)42(63-46(55)32-20-10-4-11-21-32)41(37(62-48)29-59-45(54)31-18-8-3-9-19-31)65-49-39(51-26-34-24-14-15-25-35(34)27-60-51)43(64-47(56)33-22-12-5-13-23-33)40(52)36(61-49)28-58-44(53)30-16-6-2-7-17-30/h2-25,36-43,48-49,52H,26-29,50H2,1H3. The average Bonchev–Trinajstić information content (AvgIpc) is 3.35. The van der Waals surface area contributed by atoms with Gasteiger partial charge in [0.15, 0.2) is 24.8 Å². The van der Waals surface area contributed by atoms with Crippen molar-refractivity contribution in [3.8, 4) is 0 Å². The van der Waals surface area contributed by atoms with E-state index in [2.05, 4.69) is 0 Å². The number of esters is 4. The molecule has 3 aliphatic rings. The van der Waals surface area contributed by atoms with E-state index >= 15 is 0 Å². The highest BCUT2D eigenvalue weighted by Gasteiger charge is 2.56. The third-order valence-corrected chi connectivity index (χ3v) is 11.3. The van der Waals surface area contributed by atoms with Crippen LogP contribution in [0.3, 0.4) is 0 Å². The summed E-state index contributed by atoms with van der Waals surface area (Å²) in [6.45, 7) is -0.778. The first-order valence-corrected chi connectivity index (χ1v) is 21.0. The Morgan fingerprint density at radius 2 is 1.03 bits per heavy atom. The minimum Gasteiger partial charge on any atom is -0.459 e. The average molecular weight is 889 g/mol. The summed E-state index contributed by atoms with van der Waals surface area (Å²) in [5.41, 5.74) is 9.43. The molecule has 0 radical (unpaired) electrons. The van der Waals surface area contributed by atoms with E-state index in [1.54, 1.807) is 121 Å². The molecule has 0 saturated carbocycles. The molecular formula is C49H48N2O14. The fourth-order valence-corrected chi connectivity index (χ4v) is 7.90. The van der Waals surface area contributed by atoms with Crippen LogP contribution >= 0.6 is 0 Å². The predicted octanol–water partition coefficient (Wildman–Crippen LogP) is 4.64. The Labute approximate surface area is 374 Å². The van der Waals surface area contributed by atoms with Crippen molar-refractivity contribution in [3.05, 3.63) is 179 Å². The Kier molecular flexibility index (Phi) is 14.7. The fourth-order valence-electron chi connectivity index (χ4n) is 7.90. The van der Waals surface area contributed by atoms with Gasteiger partial charge < -0.3 is 48.7 Å². The van der Waals surface area contributed by atoms with Crippen LogP contribution in [-0.4, -0.2) is 116 Å². The van der Waals surface area contributed by atoms with Gasteiger partial charge in [-0.15, -0.1) is 0 Å². The first-order valence-electron chi connectivity index (χ1n) is 21.0. The van der Waals surface area contributed by atoms with E-state index in [0.717, 1.165) is 11.1 Å². The lowest BCUT2D eigenvalue weighted by molar-refractivity contribution is -0.366. The van der Waals surface area contributed by atoms with Gasteiger partial charge in [-0.25, -0.2) is 19.2 Å². The first-order chi connectivity index (χ1) is 31.7. The van der Waals surface area contributed by atoms with Gasteiger partial charge in [0.1, 0.15) is 43.7 Å². The number of rotatable bonds is 14. The number of nitrogens with zero attached hydrogens (tertiary/aromatic N) is 1. The minimum atomic E-state index is -1.64. The summed E-state index contributed by atoms with van der Waals surface area (Å²) in [5.74, 6) is -2.94. The van der Waals surface area contributed by atoms with E-state index in [9.17, 15) is 24.3 Å². The van der Waals surface area contributed by atoms with E-state index in [1.165, 1.54) is 12.2 Å². The SMILES string of the molecule is COC1OC(COC(=O)c2ccccc2)C(OC2OC(COC(=O)c3ccccc3)C(O)C(OC(=O)c3ccccc3)C2N2Cc3ccccc3CO2)C(OC(=O)c2ccccc2)C1N. The molecule has 16 nitrogen and oxygen atoms in total. The second-order valence-corrected chi connectivity index (χ2v) is 15.5. The van der Waals surface area contributed by atoms with Crippen LogP contribution in [0, 0.1) is 0 Å². The molecule has 16 heteroatoms. The number of fused-ring (bicyclic) bond motifs is 1. The predicted molar refractivity (Wildman–Crippen MR) is 228 cm³/mol. The summed E-state index contributed by atoms with van der Waals surface area (Å²) in [6, 6.07) is 38.0. The molecule has 5 aromatic rings. The van der Waals surface area contributed by atoms with Gasteiger partial charge in [0.05, 0.1) is 41.4 Å². The Morgan fingerprint density at radius 1 is 0.585 bits per heavy atom. The maximum Gasteiger partial charge on any atom is 0.338 e. The highest BCUT2D eigenvalue weighted by atomic mass is 16.8. The minimum absolute atomic E-state index is 0.0925. The lowest BCUT2D eigenvalue weighted by Gasteiger charge is -2.50. The summed E-state index contributed by atoms with van der Waals surface area (Å²) in [4.78, 5) is 60.8. The zero-order chi connectivity index (χ0) is 45.3. The third kappa shape index (κ3) is 10.6. The van der Waals surface area contributed by atoms with Crippen LogP contribution < -0.4 is 5.73 Å². The maximum atomic E-state index is 14.0. The van der Waals surface area contributed by atoms with E-state index in [1.807, 2.05) is 24.3 Å². The molecule has 10 atom stereocenters. The summed E-state index contributed by atoms with van der Waals surface area (Å²) in [7, 11) is 1.36. The molecule has 2 saturated heterocycles. The molecule has 8 rings (SSSR count). The second-order valence-electron chi connectivity index (χ2n) is 15.5. The van der Waals surface area contributed by atoms with Gasteiger partial charge in [0.2, 0.25) is 0 Å². The number of hydroxylamine groups is 2. The van der Waals surface area contributed by atoms with Gasteiger partial charge in [-0.1, -0.05) is 97.1 Å². The van der Waals surface area contributed by atoms with Gasteiger partial charge in [0.25, 0.3) is 0 Å². The zero-order valence-corrected chi connectivity index (χ0v) is 35.2. The van der Waals surface area contributed by atoms with Crippen molar-refractivity contribution in [1.29, 1.82) is 0 Å². The van der Waals surface area contributed by atoms with Crippen molar-refractivity contribution in [2.75, 3.05) is 20.3 Å². The Bertz CT molecular complexity index is 2380. The first kappa shape index (κ1) is 45.2. The van der Waals surface area contributed by atoms with Crippen molar-refractivity contribution in [2.45, 2.75) is 74.4 Å². The molecule has 0 aliphatic carbocycles. The molecule has 0 aromatic heterocycles. The number of aliphatic hydroxyl groups excluding tert-OH is 1. The van der Waals surface area contributed by atoms with Crippen molar-refractivity contribution >= 4 is 23.9 Å². The maximum absolute atomic E-state index is 14.0. The van der Waals surface area contributed by atoms with Crippen LogP contribution in [-0.2, 0) is 55.9 Å². The molecule has 3 heterocycles. The number of hydrogen-bond donors (Lipinski definition) is 2. The van der Waals surface area contributed by atoms with Crippen molar-refractivity contribution in [2.24, 2.45) is 5.73 Å². The lowest BCUT2D eigenvalue weighted by Crippen LogP contribution is -2.69. The molecule has 5 aromatic carbocycles. The smallest absolute Gasteiger partial charge is 0.338 e. The van der Waals surface area contributed by atoms with Crippen LogP contribution in [0.4, 0.5) is 0 Å². The van der Waals surface area contributed by atoms with Gasteiger partial charge in [0, 0.05) is 7.11 Å². The van der Waals surface area contributed by atoms with Crippen molar-refractivity contribution in [1.82, 2.24) is 5.06 Å². The Balaban J connectivity index is 1.19. The normalized spacial score (nSPS) is 26.5. The van der Waals surface area contributed by atoms with Crippen molar-refractivity contribution < 1.29 is 67.0 Å².